The quantitative estimate of drug-likeness (QED) is 0.399. The smallest absolute Gasteiger partial charge is 0.382 e. The van der Waals surface area contributed by atoms with Crippen molar-refractivity contribution in [2.75, 3.05) is 43.0 Å². The third-order valence-electron chi connectivity index (χ3n) is 7.53. The van der Waals surface area contributed by atoms with Crippen molar-refractivity contribution in [1.29, 1.82) is 5.26 Å². The van der Waals surface area contributed by atoms with Crippen LogP contribution in [0.1, 0.15) is 36.8 Å². The molecular formula is C29H29ClF3N5O2. The van der Waals surface area contributed by atoms with Gasteiger partial charge in [0.25, 0.3) is 0 Å². The molecule has 2 aromatic carbocycles. The number of amides is 1. The molecule has 2 fully saturated rings. The van der Waals surface area contributed by atoms with Crippen LogP contribution in [0.15, 0.2) is 48.5 Å². The number of alkyl halides is 3. The van der Waals surface area contributed by atoms with Gasteiger partial charge >= 0.3 is 6.18 Å². The van der Waals surface area contributed by atoms with Gasteiger partial charge < -0.3 is 19.9 Å². The van der Waals surface area contributed by atoms with Crippen molar-refractivity contribution in [3.8, 4) is 6.07 Å². The van der Waals surface area contributed by atoms with Crippen molar-refractivity contribution >= 4 is 39.9 Å². The summed E-state index contributed by atoms with van der Waals surface area (Å²) >= 11 is 6.06. The number of piperazine rings is 1. The van der Waals surface area contributed by atoms with Crippen molar-refractivity contribution in [1.82, 2.24) is 9.88 Å². The van der Waals surface area contributed by atoms with Crippen LogP contribution in [-0.2, 0) is 15.7 Å². The zero-order chi connectivity index (χ0) is 28.3. The van der Waals surface area contributed by atoms with E-state index in [1.807, 2.05) is 35.2 Å². The molecule has 1 amide bonds. The average molecular weight is 572 g/mol. The molecule has 1 saturated heterocycles. The van der Waals surface area contributed by atoms with Crippen LogP contribution in [0, 0.1) is 11.3 Å². The predicted octanol–water partition coefficient (Wildman–Crippen LogP) is 5.87. The zero-order valence-electron chi connectivity index (χ0n) is 21.8. The Hall–Kier alpha value is -3.55. The first kappa shape index (κ1) is 28.0. The molecule has 0 radical (unpaired) electrons. The van der Waals surface area contributed by atoms with E-state index < -0.39 is 17.3 Å². The Morgan fingerprint density at radius 1 is 1.05 bits per heavy atom. The molecule has 2 heterocycles. The summed E-state index contributed by atoms with van der Waals surface area (Å²) in [6.45, 7) is 2.55. The molecule has 0 unspecified atom stereocenters. The monoisotopic (exact) mass is 571 g/mol. The number of rotatable bonds is 6. The predicted molar refractivity (Wildman–Crippen MR) is 147 cm³/mol. The molecule has 3 aromatic rings. The molecule has 0 atom stereocenters. The average Bonchev–Trinajstić information content (AvgIpc) is 2.96. The molecule has 1 aromatic heterocycles. The Morgan fingerprint density at radius 3 is 2.50 bits per heavy atom. The second-order valence-electron chi connectivity index (χ2n) is 10.2. The molecule has 1 aliphatic heterocycles. The molecule has 1 saturated carbocycles. The van der Waals surface area contributed by atoms with Crippen LogP contribution in [0.25, 0.3) is 10.9 Å². The highest BCUT2D eigenvalue weighted by atomic mass is 35.5. The molecule has 5 rings (SSSR count). The molecule has 210 valence electrons. The first-order valence-corrected chi connectivity index (χ1v) is 13.7. The number of nitrogens with one attached hydrogen (secondary N) is 1. The first-order valence-electron chi connectivity index (χ1n) is 13.3. The van der Waals surface area contributed by atoms with Crippen molar-refractivity contribution < 1.29 is 22.7 Å². The van der Waals surface area contributed by atoms with Gasteiger partial charge in [-0.25, -0.2) is 4.98 Å². The van der Waals surface area contributed by atoms with Crippen LogP contribution in [0.2, 0.25) is 5.02 Å². The van der Waals surface area contributed by atoms with E-state index in [2.05, 4.69) is 10.2 Å². The Balaban J connectivity index is 1.05. The number of pyridine rings is 1. The summed E-state index contributed by atoms with van der Waals surface area (Å²) in [5, 5.41) is 13.8. The van der Waals surface area contributed by atoms with Crippen LogP contribution >= 0.6 is 11.6 Å². The van der Waals surface area contributed by atoms with E-state index in [1.54, 1.807) is 6.07 Å². The Bertz CT molecular complexity index is 1410. The molecule has 40 heavy (non-hydrogen) atoms. The van der Waals surface area contributed by atoms with E-state index >= 15 is 0 Å². The Morgan fingerprint density at radius 2 is 1.80 bits per heavy atom. The third-order valence-corrected chi connectivity index (χ3v) is 7.76. The van der Waals surface area contributed by atoms with Gasteiger partial charge in [0.15, 0.2) is 0 Å². The highest BCUT2D eigenvalue weighted by Crippen LogP contribution is 2.34. The van der Waals surface area contributed by atoms with E-state index in [9.17, 15) is 18.0 Å². The number of ether oxygens (including phenoxy) is 1. The number of hydrogen-bond acceptors (Lipinski definition) is 6. The number of hydrogen-bond donors (Lipinski definition) is 1. The maximum atomic E-state index is 13.3. The minimum atomic E-state index is -4.59. The number of fused-ring (bicyclic) bond motifs is 1. The van der Waals surface area contributed by atoms with E-state index in [-0.39, 0.29) is 24.7 Å². The summed E-state index contributed by atoms with van der Waals surface area (Å²) in [4.78, 5) is 21.5. The van der Waals surface area contributed by atoms with E-state index in [0.717, 1.165) is 22.8 Å². The fourth-order valence-corrected chi connectivity index (χ4v) is 5.48. The minimum Gasteiger partial charge on any atom is -0.382 e. The topological polar surface area (TPSA) is 81.5 Å². The van der Waals surface area contributed by atoms with E-state index in [4.69, 9.17) is 26.6 Å². The fourth-order valence-electron chi connectivity index (χ4n) is 5.30. The summed E-state index contributed by atoms with van der Waals surface area (Å²) < 4.78 is 45.7. The van der Waals surface area contributed by atoms with Gasteiger partial charge in [-0.2, -0.15) is 18.4 Å². The largest absolute Gasteiger partial charge is 0.417 e. The Labute approximate surface area is 235 Å². The maximum Gasteiger partial charge on any atom is 0.417 e. The van der Waals surface area contributed by atoms with E-state index in [0.29, 0.717) is 62.6 Å². The number of carbonyl (C=O) groups is 1. The normalized spacial score (nSPS) is 19.9. The van der Waals surface area contributed by atoms with Gasteiger partial charge in [-0.15, -0.1) is 0 Å². The lowest BCUT2D eigenvalue weighted by molar-refractivity contribution is -0.139. The lowest BCUT2D eigenvalue weighted by atomic mass is 9.92. The summed E-state index contributed by atoms with van der Waals surface area (Å²) in [7, 11) is 0. The second-order valence-corrected chi connectivity index (χ2v) is 10.6. The van der Waals surface area contributed by atoms with Gasteiger partial charge in [0.2, 0.25) is 5.91 Å². The molecule has 1 aliphatic carbocycles. The Kier molecular flexibility index (Phi) is 8.33. The van der Waals surface area contributed by atoms with Gasteiger partial charge in [-0.05, 0) is 74.2 Å². The van der Waals surface area contributed by atoms with Gasteiger partial charge in [-0.3, -0.25) is 4.79 Å². The molecule has 7 nitrogen and oxygen atoms in total. The van der Waals surface area contributed by atoms with Gasteiger partial charge in [0.1, 0.15) is 12.4 Å². The van der Waals surface area contributed by atoms with Crippen molar-refractivity contribution in [3.05, 3.63) is 64.7 Å². The molecule has 0 spiro atoms. The lowest BCUT2D eigenvalue weighted by Crippen LogP contribution is -2.50. The summed E-state index contributed by atoms with van der Waals surface area (Å²) in [5.74, 6) is 0.831. The van der Waals surface area contributed by atoms with Gasteiger partial charge in [-0.1, -0.05) is 11.6 Å². The molecule has 0 bridgehead atoms. The maximum absolute atomic E-state index is 13.3. The van der Waals surface area contributed by atoms with Crippen LogP contribution in [0.3, 0.4) is 0 Å². The van der Waals surface area contributed by atoms with Crippen LogP contribution in [0.5, 0.6) is 0 Å². The van der Waals surface area contributed by atoms with E-state index in [1.165, 1.54) is 12.1 Å². The van der Waals surface area contributed by atoms with Crippen LogP contribution in [0.4, 0.5) is 24.7 Å². The second kappa shape index (κ2) is 11.9. The van der Waals surface area contributed by atoms with Crippen molar-refractivity contribution in [2.45, 2.75) is 44.0 Å². The molecule has 2 aliphatic rings. The number of nitrogens with zero attached hydrogens (tertiary/aromatic N) is 4. The summed E-state index contributed by atoms with van der Waals surface area (Å²) in [6.07, 6.45) is -1.81. The van der Waals surface area contributed by atoms with Gasteiger partial charge in [0, 0.05) is 48.3 Å². The van der Waals surface area contributed by atoms with Crippen LogP contribution in [-0.4, -0.2) is 60.7 Å². The number of benzene rings is 2. The fraction of sp³-hybridized carbons (Fsp3) is 0.414. The molecule has 1 N–H and O–H groups in total. The number of nitriles is 1. The number of halogens is 4. The lowest BCUT2D eigenvalue weighted by Gasteiger charge is -2.36. The number of anilines is 2. The number of aromatic nitrogens is 1. The van der Waals surface area contributed by atoms with Crippen molar-refractivity contribution in [3.63, 3.8) is 0 Å². The van der Waals surface area contributed by atoms with Crippen LogP contribution < -0.4 is 10.2 Å². The highest BCUT2D eigenvalue weighted by molar-refractivity contribution is 6.31. The summed E-state index contributed by atoms with van der Waals surface area (Å²) in [5.41, 5.74) is -0.109. The highest BCUT2D eigenvalue weighted by Gasteiger charge is 2.34. The summed E-state index contributed by atoms with van der Waals surface area (Å²) in [6, 6.07) is 14.9. The standard InChI is InChI=1S/C29H29ClF3N5O2/c30-21-3-9-26-19(15-21)2-10-27(36-26)37-11-13-38(14-12-37)28(39)18-40-24-7-5-22(6-8-24)35-23-4-1-20(17-34)25(16-23)29(31,32)33/h1-4,9-10,15-16,22,24,35H,5-8,11-14,18H2/t22-,24-. The number of carbonyl (C=O) groups excluding carboxylic acids is 1. The molecular weight excluding hydrogens is 543 g/mol. The van der Waals surface area contributed by atoms with Crippen molar-refractivity contribution in [2.24, 2.45) is 0 Å². The first-order chi connectivity index (χ1) is 19.2. The SMILES string of the molecule is N#Cc1ccc(N[C@H]2CC[C@H](OCC(=O)N3CCN(c4ccc5cc(Cl)ccc5n4)CC3)CC2)cc1C(F)(F)F. The molecule has 11 heteroatoms. The zero-order valence-corrected chi connectivity index (χ0v) is 22.5. The third kappa shape index (κ3) is 6.60. The van der Waals surface area contributed by atoms with Gasteiger partial charge in [0.05, 0.1) is 28.8 Å². The minimum absolute atomic E-state index is 0.00153.